The SMILES string of the molecule is COc1ccccc1C1CCN(C(=O)Nc2cccc(C(F)(F)F)c2F)CC1. The van der Waals surface area contributed by atoms with E-state index in [4.69, 9.17) is 4.74 Å². The Morgan fingerprint density at radius 1 is 1.11 bits per heavy atom. The van der Waals surface area contributed by atoms with Crippen LogP contribution in [0.15, 0.2) is 42.5 Å². The van der Waals surface area contributed by atoms with Gasteiger partial charge in [-0.05, 0) is 42.5 Å². The molecular formula is C20H20F4N2O2. The minimum atomic E-state index is -4.82. The number of nitrogens with zero attached hydrogens (tertiary/aromatic N) is 1. The smallest absolute Gasteiger partial charge is 0.419 e. The van der Waals surface area contributed by atoms with E-state index < -0.39 is 29.3 Å². The molecule has 2 aromatic carbocycles. The van der Waals surface area contributed by atoms with Gasteiger partial charge in [-0.1, -0.05) is 24.3 Å². The first-order chi connectivity index (χ1) is 13.3. The number of benzene rings is 2. The molecule has 150 valence electrons. The van der Waals surface area contributed by atoms with Crippen molar-refractivity contribution in [3.8, 4) is 5.75 Å². The fraction of sp³-hybridized carbons (Fsp3) is 0.350. The number of hydrogen-bond donors (Lipinski definition) is 1. The molecule has 0 spiro atoms. The molecule has 0 bridgehead atoms. The van der Waals surface area contributed by atoms with Gasteiger partial charge in [0.1, 0.15) is 5.75 Å². The second-order valence-electron chi connectivity index (χ2n) is 6.60. The number of anilines is 1. The van der Waals surface area contributed by atoms with Crippen molar-refractivity contribution < 1.29 is 27.1 Å². The Balaban J connectivity index is 1.65. The topological polar surface area (TPSA) is 41.6 Å². The zero-order chi connectivity index (χ0) is 20.3. The van der Waals surface area contributed by atoms with Crippen molar-refractivity contribution in [2.75, 3.05) is 25.5 Å². The van der Waals surface area contributed by atoms with Crippen molar-refractivity contribution in [2.45, 2.75) is 24.9 Å². The van der Waals surface area contributed by atoms with E-state index in [0.29, 0.717) is 32.0 Å². The van der Waals surface area contributed by atoms with Crippen LogP contribution in [0.2, 0.25) is 0 Å². The molecule has 0 saturated carbocycles. The number of rotatable bonds is 3. The number of halogens is 4. The quantitative estimate of drug-likeness (QED) is 0.719. The molecule has 1 saturated heterocycles. The number of alkyl halides is 3. The summed E-state index contributed by atoms with van der Waals surface area (Å²) in [6, 6.07) is 9.88. The molecule has 1 N–H and O–H groups in total. The van der Waals surface area contributed by atoms with Gasteiger partial charge in [0.15, 0.2) is 5.82 Å². The Morgan fingerprint density at radius 2 is 1.79 bits per heavy atom. The molecule has 0 radical (unpaired) electrons. The van der Waals surface area contributed by atoms with Crippen molar-refractivity contribution in [2.24, 2.45) is 0 Å². The molecule has 2 aromatic rings. The summed E-state index contributed by atoms with van der Waals surface area (Å²) in [5, 5.41) is 2.26. The lowest BCUT2D eigenvalue weighted by Crippen LogP contribution is -2.40. The van der Waals surface area contributed by atoms with Crippen LogP contribution in [0.3, 0.4) is 0 Å². The van der Waals surface area contributed by atoms with Crippen LogP contribution >= 0.6 is 0 Å². The fourth-order valence-corrected chi connectivity index (χ4v) is 3.44. The molecule has 1 heterocycles. The highest BCUT2D eigenvalue weighted by Gasteiger charge is 2.35. The highest BCUT2D eigenvalue weighted by Crippen LogP contribution is 2.35. The zero-order valence-electron chi connectivity index (χ0n) is 15.2. The highest BCUT2D eigenvalue weighted by molar-refractivity contribution is 5.89. The van der Waals surface area contributed by atoms with Crippen LogP contribution in [-0.4, -0.2) is 31.1 Å². The Bertz CT molecular complexity index is 846. The third-order valence-electron chi connectivity index (χ3n) is 4.91. The van der Waals surface area contributed by atoms with E-state index in [1.54, 1.807) is 7.11 Å². The van der Waals surface area contributed by atoms with Crippen LogP contribution in [-0.2, 0) is 6.18 Å². The summed E-state index contributed by atoms with van der Waals surface area (Å²) in [7, 11) is 1.60. The number of nitrogens with one attached hydrogen (secondary N) is 1. The standard InChI is InChI=1S/C20H20F4N2O2/c1-28-17-8-3-2-5-14(17)13-9-11-26(12-10-13)19(27)25-16-7-4-6-15(18(16)21)20(22,23)24/h2-8,13H,9-12H2,1H3,(H,25,27). The Morgan fingerprint density at radius 3 is 2.43 bits per heavy atom. The second kappa shape index (κ2) is 8.08. The number of carbonyl (C=O) groups excluding carboxylic acids is 1. The monoisotopic (exact) mass is 396 g/mol. The predicted molar refractivity (Wildman–Crippen MR) is 97.0 cm³/mol. The average molecular weight is 396 g/mol. The van der Waals surface area contributed by atoms with Gasteiger partial charge in [-0.15, -0.1) is 0 Å². The van der Waals surface area contributed by atoms with E-state index in [2.05, 4.69) is 5.32 Å². The van der Waals surface area contributed by atoms with Crippen molar-refractivity contribution in [3.05, 3.63) is 59.4 Å². The maximum absolute atomic E-state index is 14.1. The lowest BCUT2D eigenvalue weighted by molar-refractivity contribution is -0.139. The van der Waals surface area contributed by atoms with Gasteiger partial charge in [-0.2, -0.15) is 13.2 Å². The molecule has 0 atom stereocenters. The minimum Gasteiger partial charge on any atom is -0.496 e. The van der Waals surface area contributed by atoms with Crippen LogP contribution in [0.1, 0.15) is 29.9 Å². The molecule has 0 aliphatic carbocycles. The number of ether oxygens (including phenoxy) is 1. The summed E-state index contributed by atoms with van der Waals surface area (Å²) in [5.74, 6) is -0.478. The summed E-state index contributed by atoms with van der Waals surface area (Å²) in [6.45, 7) is 0.824. The molecule has 1 aliphatic heterocycles. The zero-order valence-corrected chi connectivity index (χ0v) is 15.2. The number of para-hydroxylation sites is 1. The maximum Gasteiger partial charge on any atom is 0.419 e. The first-order valence-electron chi connectivity index (χ1n) is 8.86. The fourth-order valence-electron chi connectivity index (χ4n) is 3.44. The second-order valence-corrected chi connectivity index (χ2v) is 6.60. The molecule has 2 amide bonds. The molecule has 8 heteroatoms. The summed E-state index contributed by atoms with van der Waals surface area (Å²) < 4.78 is 57.9. The molecule has 28 heavy (non-hydrogen) atoms. The van der Waals surface area contributed by atoms with Gasteiger partial charge in [0.05, 0.1) is 18.4 Å². The van der Waals surface area contributed by atoms with Crippen LogP contribution in [0.5, 0.6) is 5.75 Å². The molecule has 3 rings (SSSR count). The van der Waals surface area contributed by atoms with E-state index in [1.165, 1.54) is 4.90 Å². The van der Waals surface area contributed by atoms with Gasteiger partial charge in [0.25, 0.3) is 0 Å². The third-order valence-corrected chi connectivity index (χ3v) is 4.91. The van der Waals surface area contributed by atoms with Gasteiger partial charge in [-0.3, -0.25) is 0 Å². The lowest BCUT2D eigenvalue weighted by Gasteiger charge is -2.32. The molecule has 1 aliphatic rings. The van der Waals surface area contributed by atoms with Crippen molar-refractivity contribution >= 4 is 11.7 Å². The number of piperidine rings is 1. The Hall–Kier alpha value is -2.77. The van der Waals surface area contributed by atoms with E-state index in [-0.39, 0.29) is 5.92 Å². The Labute approximate surface area is 160 Å². The first-order valence-corrected chi connectivity index (χ1v) is 8.86. The molecular weight excluding hydrogens is 376 g/mol. The molecule has 0 unspecified atom stereocenters. The van der Waals surface area contributed by atoms with Crippen LogP contribution in [0.25, 0.3) is 0 Å². The predicted octanol–water partition coefficient (Wildman–Crippen LogP) is 5.26. The third kappa shape index (κ3) is 4.21. The maximum atomic E-state index is 14.1. The van der Waals surface area contributed by atoms with Gasteiger partial charge < -0.3 is 15.0 Å². The number of hydrogen-bond acceptors (Lipinski definition) is 2. The van der Waals surface area contributed by atoms with E-state index in [0.717, 1.165) is 23.4 Å². The number of amides is 2. The van der Waals surface area contributed by atoms with Crippen LogP contribution < -0.4 is 10.1 Å². The molecule has 0 aromatic heterocycles. The first kappa shape index (κ1) is 20.0. The molecule has 4 nitrogen and oxygen atoms in total. The number of urea groups is 1. The van der Waals surface area contributed by atoms with Crippen LogP contribution in [0.4, 0.5) is 28.0 Å². The summed E-state index contributed by atoms with van der Waals surface area (Å²) in [4.78, 5) is 13.9. The van der Waals surface area contributed by atoms with Gasteiger partial charge in [0.2, 0.25) is 0 Å². The number of methoxy groups -OCH3 is 1. The van der Waals surface area contributed by atoms with E-state index in [9.17, 15) is 22.4 Å². The van der Waals surface area contributed by atoms with E-state index in [1.807, 2.05) is 24.3 Å². The van der Waals surface area contributed by atoms with Crippen molar-refractivity contribution in [1.82, 2.24) is 4.90 Å². The largest absolute Gasteiger partial charge is 0.496 e. The van der Waals surface area contributed by atoms with Gasteiger partial charge in [-0.25, -0.2) is 9.18 Å². The van der Waals surface area contributed by atoms with Gasteiger partial charge >= 0.3 is 12.2 Å². The summed E-state index contributed by atoms with van der Waals surface area (Å²) >= 11 is 0. The summed E-state index contributed by atoms with van der Waals surface area (Å²) in [6.07, 6.45) is -3.46. The Kier molecular flexibility index (Phi) is 5.76. The average Bonchev–Trinajstić information content (AvgIpc) is 2.68. The summed E-state index contributed by atoms with van der Waals surface area (Å²) in [5.41, 5.74) is -0.819. The number of carbonyl (C=O) groups is 1. The van der Waals surface area contributed by atoms with Crippen molar-refractivity contribution in [1.29, 1.82) is 0 Å². The number of likely N-dealkylation sites (tertiary alicyclic amines) is 1. The minimum absolute atomic E-state index is 0.213. The van der Waals surface area contributed by atoms with E-state index >= 15 is 0 Å². The normalized spacial score (nSPS) is 15.4. The van der Waals surface area contributed by atoms with Gasteiger partial charge in [0, 0.05) is 13.1 Å². The highest BCUT2D eigenvalue weighted by atomic mass is 19.4. The molecule has 1 fully saturated rings. The van der Waals surface area contributed by atoms with Crippen molar-refractivity contribution in [3.63, 3.8) is 0 Å². The van der Waals surface area contributed by atoms with Crippen LogP contribution in [0, 0.1) is 5.82 Å². The lowest BCUT2D eigenvalue weighted by atomic mass is 9.89.